The Morgan fingerprint density at radius 1 is 1.29 bits per heavy atom. The Balaban J connectivity index is 1.64. The maximum Gasteiger partial charge on any atom is 0.269 e. The molecular formula is C13H10N4O4. The Labute approximate surface area is 118 Å². The van der Waals surface area contributed by atoms with Gasteiger partial charge >= 0.3 is 0 Å². The van der Waals surface area contributed by atoms with Crippen LogP contribution >= 0.6 is 0 Å². The molecule has 3 rings (SSSR count). The second-order valence-electron chi connectivity index (χ2n) is 4.12. The molecule has 0 aliphatic heterocycles. The lowest BCUT2D eigenvalue weighted by atomic mass is 10.3. The Hall–Kier alpha value is -3.16. The van der Waals surface area contributed by atoms with Gasteiger partial charge in [0.05, 0.1) is 11.2 Å². The molecule has 8 heteroatoms. The largest absolute Gasteiger partial charge is 0.486 e. The average molecular weight is 286 g/mol. The molecule has 0 spiro atoms. The number of rotatable bonds is 5. The highest BCUT2D eigenvalue weighted by Crippen LogP contribution is 2.19. The van der Waals surface area contributed by atoms with Crippen LogP contribution < -0.4 is 4.74 Å². The minimum absolute atomic E-state index is 0.0159. The van der Waals surface area contributed by atoms with Crippen molar-refractivity contribution in [2.24, 2.45) is 0 Å². The summed E-state index contributed by atoms with van der Waals surface area (Å²) in [6, 6.07) is 9.32. The van der Waals surface area contributed by atoms with Crippen LogP contribution in [0.4, 0.5) is 5.69 Å². The Morgan fingerprint density at radius 2 is 2.10 bits per heavy atom. The van der Waals surface area contributed by atoms with Gasteiger partial charge in [-0.15, -0.1) is 5.10 Å². The number of hydrogen-bond donors (Lipinski definition) is 1. The van der Waals surface area contributed by atoms with Crippen molar-refractivity contribution >= 4 is 5.69 Å². The van der Waals surface area contributed by atoms with Crippen LogP contribution in [0.3, 0.4) is 0 Å². The maximum atomic E-state index is 10.5. The van der Waals surface area contributed by atoms with Gasteiger partial charge in [0.2, 0.25) is 5.82 Å². The van der Waals surface area contributed by atoms with Gasteiger partial charge in [0.1, 0.15) is 12.4 Å². The first-order chi connectivity index (χ1) is 10.2. The molecule has 0 amide bonds. The van der Waals surface area contributed by atoms with E-state index in [0.717, 1.165) is 0 Å². The van der Waals surface area contributed by atoms with Crippen molar-refractivity contribution in [3.63, 3.8) is 0 Å². The van der Waals surface area contributed by atoms with Gasteiger partial charge in [-0.05, 0) is 24.3 Å². The number of nitro groups is 1. The predicted molar refractivity (Wildman–Crippen MR) is 71.5 cm³/mol. The minimum atomic E-state index is -0.462. The zero-order valence-corrected chi connectivity index (χ0v) is 10.7. The van der Waals surface area contributed by atoms with Crippen LogP contribution in [0.25, 0.3) is 11.6 Å². The van der Waals surface area contributed by atoms with Gasteiger partial charge in [0.25, 0.3) is 5.69 Å². The van der Waals surface area contributed by atoms with Crippen molar-refractivity contribution in [3.05, 3.63) is 58.6 Å². The summed E-state index contributed by atoms with van der Waals surface area (Å²) in [6.07, 6.45) is 1.54. The molecule has 0 aliphatic rings. The highest BCUT2D eigenvalue weighted by Gasteiger charge is 2.09. The first-order valence-corrected chi connectivity index (χ1v) is 6.05. The molecule has 106 valence electrons. The van der Waals surface area contributed by atoms with Crippen LogP contribution in [0.15, 0.2) is 47.1 Å². The second-order valence-corrected chi connectivity index (χ2v) is 4.12. The van der Waals surface area contributed by atoms with Crippen LogP contribution in [-0.4, -0.2) is 20.1 Å². The van der Waals surface area contributed by atoms with Gasteiger partial charge in [0.15, 0.2) is 11.6 Å². The number of hydrogen-bond acceptors (Lipinski definition) is 6. The fourth-order valence-corrected chi connectivity index (χ4v) is 1.69. The molecule has 8 nitrogen and oxygen atoms in total. The molecule has 21 heavy (non-hydrogen) atoms. The highest BCUT2D eigenvalue weighted by atomic mass is 16.6. The van der Waals surface area contributed by atoms with E-state index >= 15 is 0 Å². The number of aromatic amines is 1. The SMILES string of the molecule is O=[N+]([O-])c1ccc(OCc2nc(-c3ccco3)n[nH]2)cc1. The highest BCUT2D eigenvalue weighted by molar-refractivity contribution is 5.45. The molecule has 0 aliphatic carbocycles. The molecule has 0 saturated carbocycles. The number of non-ortho nitro benzene ring substituents is 1. The van der Waals surface area contributed by atoms with E-state index in [0.29, 0.717) is 23.2 Å². The monoisotopic (exact) mass is 286 g/mol. The first-order valence-electron chi connectivity index (χ1n) is 6.05. The Kier molecular flexibility index (Phi) is 3.34. The number of benzene rings is 1. The molecule has 0 atom stereocenters. The fraction of sp³-hybridized carbons (Fsp3) is 0.0769. The molecule has 0 bridgehead atoms. The van der Waals surface area contributed by atoms with Crippen LogP contribution in [0.5, 0.6) is 5.75 Å². The fourth-order valence-electron chi connectivity index (χ4n) is 1.69. The van der Waals surface area contributed by atoms with Crippen LogP contribution in [0.1, 0.15) is 5.82 Å². The molecule has 0 radical (unpaired) electrons. The average Bonchev–Trinajstić information content (AvgIpc) is 3.16. The summed E-state index contributed by atoms with van der Waals surface area (Å²) in [5, 5.41) is 17.3. The zero-order valence-electron chi connectivity index (χ0n) is 10.7. The summed E-state index contributed by atoms with van der Waals surface area (Å²) in [6.45, 7) is 0.172. The molecule has 2 aromatic heterocycles. The predicted octanol–water partition coefficient (Wildman–Crippen LogP) is 2.55. The number of furan rings is 1. The van der Waals surface area contributed by atoms with E-state index in [-0.39, 0.29) is 12.3 Å². The molecule has 1 N–H and O–H groups in total. The molecular weight excluding hydrogens is 276 g/mol. The number of nitrogens with one attached hydrogen (secondary N) is 1. The van der Waals surface area contributed by atoms with E-state index in [9.17, 15) is 10.1 Å². The Morgan fingerprint density at radius 3 is 2.76 bits per heavy atom. The molecule has 0 fully saturated rings. The van der Waals surface area contributed by atoms with Crippen LogP contribution in [0.2, 0.25) is 0 Å². The topological polar surface area (TPSA) is 107 Å². The van der Waals surface area contributed by atoms with Gasteiger partial charge in [-0.25, -0.2) is 4.98 Å². The van der Waals surface area contributed by atoms with E-state index in [2.05, 4.69) is 15.2 Å². The van der Waals surface area contributed by atoms with Gasteiger partial charge in [-0.2, -0.15) is 0 Å². The number of nitro benzene ring substituents is 1. The van der Waals surface area contributed by atoms with Gasteiger partial charge in [-0.3, -0.25) is 15.2 Å². The van der Waals surface area contributed by atoms with Gasteiger partial charge in [0, 0.05) is 12.1 Å². The maximum absolute atomic E-state index is 10.5. The first kappa shape index (κ1) is 12.9. The second kappa shape index (κ2) is 5.45. The van der Waals surface area contributed by atoms with Crippen LogP contribution in [0, 0.1) is 10.1 Å². The number of nitrogens with zero attached hydrogens (tertiary/aromatic N) is 3. The van der Waals surface area contributed by atoms with E-state index in [1.807, 2.05) is 0 Å². The quantitative estimate of drug-likeness (QED) is 0.570. The van der Waals surface area contributed by atoms with E-state index in [4.69, 9.17) is 9.15 Å². The van der Waals surface area contributed by atoms with Crippen molar-refractivity contribution in [2.45, 2.75) is 6.61 Å². The van der Waals surface area contributed by atoms with Crippen molar-refractivity contribution in [2.75, 3.05) is 0 Å². The molecule has 0 unspecified atom stereocenters. The lowest BCUT2D eigenvalue weighted by molar-refractivity contribution is -0.384. The van der Waals surface area contributed by atoms with Crippen LogP contribution in [-0.2, 0) is 6.61 Å². The molecule has 1 aromatic carbocycles. The van der Waals surface area contributed by atoms with Crippen molar-refractivity contribution < 1.29 is 14.1 Å². The summed E-state index contributed by atoms with van der Waals surface area (Å²) in [4.78, 5) is 14.3. The lowest BCUT2D eigenvalue weighted by Crippen LogP contribution is -1.97. The van der Waals surface area contributed by atoms with Crippen molar-refractivity contribution in [3.8, 4) is 17.3 Å². The number of aromatic nitrogens is 3. The summed E-state index contributed by atoms with van der Waals surface area (Å²) in [5.74, 6) is 2.05. The van der Waals surface area contributed by atoms with E-state index < -0.39 is 4.92 Å². The third-order valence-electron chi connectivity index (χ3n) is 2.70. The smallest absolute Gasteiger partial charge is 0.269 e. The normalized spacial score (nSPS) is 10.5. The van der Waals surface area contributed by atoms with Crippen molar-refractivity contribution in [1.82, 2.24) is 15.2 Å². The number of ether oxygens (including phenoxy) is 1. The third kappa shape index (κ3) is 2.89. The number of H-pyrrole nitrogens is 1. The van der Waals surface area contributed by atoms with E-state index in [1.54, 1.807) is 18.4 Å². The van der Waals surface area contributed by atoms with E-state index in [1.165, 1.54) is 24.3 Å². The van der Waals surface area contributed by atoms with Gasteiger partial charge in [-0.1, -0.05) is 0 Å². The summed E-state index contributed by atoms with van der Waals surface area (Å²) >= 11 is 0. The Bertz CT molecular complexity index is 734. The molecule has 0 saturated heterocycles. The zero-order chi connectivity index (χ0) is 14.7. The van der Waals surface area contributed by atoms with Gasteiger partial charge < -0.3 is 9.15 Å². The summed E-state index contributed by atoms with van der Waals surface area (Å²) < 4.78 is 10.7. The summed E-state index contributed by atoms with van der Waals surface area (Å²) in [5.41, 5.74) is 0.0159. The lowest BCUT2D eigenvalue weighted by Gasteiger charge is -2.02. The summed E-state index contributed by atoms with van der Waals surface area (Å²) in [7, 11) is 0. The minimum Gasteiger partial charge on any atom is -0.486 e. The third-order valence-corrected chi connectivity index (χ3v) is 2.70. The molecule has 2 heterocycles. The molecule has 3 aromatic rings. The van der Waals surface area contributed by atoms with Crippen molar-refractivity contribution in [1.29, 1.82) is 0 Å². The standard InChI is InChI=1S/C13H10N4O4/c18-17(19)9-3-5-10(6-4-9)21-8-12-14-13(16-15-12)11-2-1-7-20-11/h1-7H,8H2,(H,14,15,16).